The smallest absolute Gasteiger partial charge is 0.247 e. The minimum atomic E-state index is 0.0307. The molecular weight excluding hydrogens is 342 g/mol. The number of methoxy groups -OCH3 is 1. The molecule has 4 rings (SSSR count). The zero-order valence-electron chi connectivity index (χ0n) is 15.4. The zero-order chi connectivity index (χ0) is 18.6. The van der Waals surface area contributed by atoms with E-state index in [2.05, 4.69) is 0 Å². The summed E-state index contributed by atoms with van der Waals surface area (Å²) < 4.78 is 16.4. The van der Waals surface area contributed by atoms with E-state index in [-0.39, 0.29) is 11.9 Å². The van der Waals surface area contributed by atoms with Crippen molar-refractivity contribution < 1.29 is 19.0 Å². The predicted octanol–water partition coefficient (Wildman–Crippen LogP) is 3.84. The molecular formula is C22H23NO4. The lowest BCUT2D eigenvalue weighted by Gasteiger charge is -2.24. The van der Waals surface area contributed by atoms with Crippen LogP contribution in [-0.4, -0.2) is 37.7 Å². The van der Waals surface area contributed by atoms with Crippen LogP contribution in [0.2, 0.25) is 0 Å². The van der Waals surface area contributed by atoms with Crippen molar-refractivity contribution in [2.45, 2.75) is 18.9 Å². The van der Waals surface area contributed by atoms with Crippen LogP contribution in [0.15, 0.2) is 48.5 Å². The van der Waals surface area contributed by atoms with E-state index >= 15 is 0 Å². The molecule has 1 atom stereocenters. The van der Waals surface area contributed by atoms with E-state index in [4.69, 9.17) is 14.2 Å². The number of nitrogens with zero attached hydrogens (tertiary/aromatic N) is 1. The molecule has 1 saturated heterocycles. The molecule has 27 heavy (non-hydrogen) atoms. The maximum Gasteiger partial charge on any atom is 0.247 e. The number of carbonyl (C=O) groups excluding carboxylic acids is 1. The summed E-state index contributed by atoms with van der Waals surface area (Å²) in [5.74, 6) is 2.34. The molecule has 5 heteroatoms. The molecule has 1 amide bonds. The Morgan fingerprint density at radius 3 is 2.67 bits per heavy atom. The molecule has 0 saturated carbocycles. The molecule has 140 valence electrons. The van der Waals surface area contributed by atoms with Gasteiger partial charge in [-0.05, 0) is 54.3 Å². The summed E-state index contributed by atoms with van der Waals surface area (Å²) in [6.07, 6.45) is 5.48. The summed E-state index contributed by atoms with van der Waals surface area (Å²) in [5, 5.41) is 0. The first-order valence-electron chi connectivity index (χ1n) is 9.27. The largest absolute Gasteiger partial charge is 0.497 e. The number of amides is 1. The van der Waals surface area contributed by atoms with Crippen molar-refractivity contribution in [1.82, 2.24) is 4.90 Å². The number of carbonyl (C=O) groups is 1. The highest BCUT2D eigenvalue weighted by molar-refractivity contribution is 5.92. The van der Waals surface area contributed by atoms with Crippen LogP contribution in [0, 0.1) is 0 Å². The van der Waals surface area contributed by atoms with Gasteiger partial charge in [0, 0.05) is 12.6 Å². The van der Waals surface area contributed by atoms with Crippen LogP contribution in [0.4, 0.5) is 0 Å². The number of benzene rings is 2. The van der Waals surface area contributed by atoms with Gasteiger partial charge < -0.3 is 19.1 Å². The van der Waals surface area contributed by atoms with Gasteiger partial charge in [-0.25, -0.2) is 0 Å². The van der Waals surface area contributed by atoms with Gasteiger partial charge in [-0.15, -0.1) is 0 Å². The second-order valence-corrected chi connectivity index (χ2v) is 6.70. The first-order valence-corrected chi connectivity index (χ1v) is 9.27. The molecule has 2 aromatic rings. The molecule has 2 heterocycles. The summed E-state index contributed by atoms with van der Waals surface area (Å²) in [6.45, 7) is 1.90. The van der Waals surface area contributed by atoms with E-state index in [0.29, 0.717) is 13.2 Å². The number of hydrogen-bond acceptors (Lipinski definition) is 4. The Labute approximate surface area is 159 Å². The number of ether oxygens (including phenoxy) is 3. The van der Waals surface area contributed by atoms with E-state index in [1.54, 1.807) is 13.2 Å². The lowest BCUT2D eigenvalue weighted by Crippen LogP contribution is -2.28. The molecule has 0 N–H and O–H groups in total. The van der Waals surface area contributed by atoms with Gasteiger partial charge in [-0.1, -0.05) is 18.2 Å². The first kappa shape index (κ1) is 17.5. The quantitative estimate of drug-likeness (QED) is 0.773. The predicted molar refractivity (Wildman–Crippen MR) is 103 cm³/mol. The van der Waals surface area contributed by atoms with E-state index in [1.165, 1.54) is 0 Å². The van der Waals surface area contributed by atoms with Gasteiger partial charge in [0.05, 0.1) is 13.2 Å². The lowest BCUT2D eigenvalue weighted by molar-refractivity contribution is -0.126. The fourth-order valence-corrected chi connectivity index (χ4v) is 3.63. The van der Waals surface area contributed by atoms with Gasteiger partial charge in [-0.3, -0.25) is 4.79 Å². The summed E-state index contributed by atoms with van der Waals surface area (Å²) in [6, 6.07) is 13.8. The van der Waals surface area contributed by atoms with Gasteiger partial charge in [0.25, 0.3) is 0 Å². The average Bonchev–Trinajstić information content (AvgIpc) is 3.22. The molecule has 0 aromatic heterocycles. The molecule has 1 fully saturated rings. The number of hydrogen-bond donors (Lipinski definition) is 0. The van der Waals surface area contributed by atoms with Crippen LogP contribution in [0.3, 0.4) is 0 Å². The van der Waals surface area contributed by atoms with Crippen molar-refractivity contribution in [2.24, 2.45) is 0 Å². The van der Waals surface area contributed by atoms with Gasteiger partial charge >= 0.3 is 0 Å². The second kappa shape index (κ2) is 7.74. The molecule has 0 radical (unpaired) electrons. The van der Waals surface area contributed by atoms with Crippen molar-refractivity contribution in [1.29, 1.82) is 0 Å². The SMILES string of the molecule is COc1ccc(C2CCCN2C(=O)/C=C/c2ccc3c(c2)OCCO3)cc1. The Balaban J connectivity index is 1.47. The number of likely N-dealkylation sites (tertiary alicyclic amines) is 1. The summed E-state index contributed by atoms with van der Waals surface area (Å²) in [4.78, 5) is 14.7. The van der Waals surface area contributed by atoms with Crippen molar-refractivity contribution in [3.05, 3.63) is 59.7 Å². The first-order chi connectivity index (χ1) is 13.2. The molecule has 0 spiro atoms. The van der Waals surface area contributed by atoms with Gasteiger partial charge in [0.15, 0.2) is 11.5 Å². The number of fused-ring (bicyclic) bond motifs is 1. The van der Waals surface area contributed by atoms with Gasteiger partial charge in [-0.2, -0.15) is 0 Å². The van der Waals surface area contributed by atoms with E-state index < -0.39 is 0 Å². The highest BCUT2D eigenvalue weighted by Crippen LogP contribution is 2.34. The van der Waals surface area contributed by atoms with E-state index in [0.717, 1.165) is 47.8 Å². The normalized spacial score (nSPS) is 18.7. The maximum atomic E-state index is 12.8. The molecule has 0 aliphatic carbocycles. The van der Waals surface area contributed by atoms with Crippen LogP contribution < -0.4 is 14.2 Å². The van der Waals surface area contributed by atoms with Crippen LogP contribution in [0.5, 0.6) is 17.2 Å². The fourth-order valence-electron chi connectivity index (χ4n) is 3.63. The second-order valence-electron chi connectivity index (χ2n) is 6.70. The Bertz CT molecular complexity index is 844. The highest BCUT2D eigenvalue weighted by atomic mass is 16.6. The summed E-state index contributed by atoms with van der Waals surface area (Å²) in [7, 11) is 1.66. The standard InChI is InChI=1S/C22H23NO4/c1-25-18-8-6-17(7-9-18)19-3-2-12-23(19)22(24)11-5-16-4-10-20-21(15-16)27-14-13-26-20/h4-11,15,19H,2-3,12-14H2,1H3/b11-5+. The summed E-state index contributed by atoms with van der Waals surface area (Å²) in [5.41, 5.74) is 2.07. The minimum Gasteiger partial charge on any atom is -0.497 e. The molecule has 5 nitrogen and oxygen atoms in total. The Morgan fingerprint density at radius 1 is 1.11 bits per heavy atom. The Kier molecular flexibility index (Phi) is 5.01. The van der Waals surface area contributed by atoms with E-state index in [9.17, 15) is 4.79 Å². The van der Waals surface area contributed by atoms with Crippen molar-refractivity contribution in [3.8, 4) is 17.2 Å². The maximum absolute atomic E-state index is 12.8. The Hall–Kier alpha value is -2.95. The summed E-state index contributed by atoms with van der Waals surface area (Å²) >= 11 is 0. The molecule has 2 aromatic carbocycles. The third-order valence-electron chi connectivity index (χ3n) is 5.02. The van der Waals surface area contributed by atoms with Crippen LogP contribution in [0.25, 0.3) is 6.08 Å². The minimum absolute atomic E-state index is 0.0307. The molecule has 1 unspecified atom stereocenters. The van der Waals surface area contributed by atoms with Crippen LogP contribution in [0.1, 0.15) is 30.0 Å². The average molecular weight is 365 g/mol. The highest BCUT2D eigenvalue weighted by Gasteiger charge is 2.28. The molecule has 0 bridgehead atoms. The van der Waals surface area contributed by atoms with E-state index in [1.807, 2.05) is 53.4 Å². The lowest BCUT2D eigenvalue weighted by atomic mass is 10.0. The van der Waals surface area contributed by atoms with Crippen molar-refractivity contribution in [3.63, 3.8) is 0 Å². The van der Waals surface area contributed by atoms with Crippen molar-refractivity contribution in [2.75, 3.05) is 26.9 Å². The monoisotopic (exact) mass is 365 g/mol. The fraction of sp³-hybridized carbons (Fsp3) is 0.318. The van der Waals surface area contributed by atoms with Crippen molar-refractivity contribution >= 4 is 12.0 Å². The molecule has 2 aliphatic rings. The number of rotatable bonds is 4. The van der Waals surface area contributed by atoms with Gasteiger partial charge in [0.2, 0.25) is 5.91 Å². The molecule has 2 aliphatic heterocycles. The Morgan fingerprint density at radius 2 is 1.89 bits per heavy atom. The van der Waals surface area contributed by atoms with Crippen LogP contribution in [-0.2, 0) is 4.79 Å². The third kappa shape index (κ3) is 3.77. The third-order valence-corrected chi connectivity index (χ3v) is 5.02. The zero-order valence-corrected chi connectivity index (χ0v) is 15.4. The van der Waals surface area contributed by atoms with Gasteiger partial charge in [0.1, 0.15) is 19.0 Å². The van der Waals surface area contributed by atoms with Crippen LogP contribution >= 0.6 is 0 Å². The topological polar surface area (TPSA) is 48.0 Å².